The van der Waals surface area contributed by atoms with E-state index in [9.17, 15) is 0 Å². The van der Waals surface area contributed by atoms with Gasteiger partial charge in [-0.2, -0.15) is 11.8 Å². The van der Waals surface area contributed by atoms with Gasteiger partial charge >= 0.3 is 0 Å². The number of rotatable bonds is 10. The van der Waals surface area contributed by atoms with Crippen molar-refractivity contribution in [2.24, 2.45) is 11.8 Å². The van der Waals surface area contributed by atoms with E-state index >= 15 is 0 Å². The van der Waals surface area contributed by atoms with Crippen LogP contribution in [0, 0.1) is 11.8 Å². The molecule has 2 aliphatic carbocycles. The van der Waals surface area contributed by atoms with E-state index in [2.05, 4.69) is 30.4 Å². The molecule has 2 fully saturated rings. The average Bonchev–Trinajstić information content (AvgIpc) is 3.24. The molecule has 2 nitrogen and oxygen atoms in total. The van der Waals surface area contributed by atoms with Gasteiger partial charge in [-0.05, 0) is 57.2 Å². The summed E-state index contributed by atoms with van der Waals surface area (Å²) in [6, 6.07) is 1.61. The maximum Gasteiger partial charge on any atom is 0.0181 e. The van der Waals surface area contributed by atoms with Crippen molar-refractivity contribution in [1.82, 2.24) is 10.2 Å². The maximum atomic E-state index is 3.85. The van der Waals surface area contributed by atoms with Gasteiger partial charge in [-0.1, -0.05) is 6.92 Å². The Bertz CT molecular complexity index is 227. The van der Waals surface area contributed by atoms with Crippen LogP contribution in [0.4, 0.5) is 0 Å². The Hall–Kier alpha value is 0.270. The molecule has 1 N–H and O–H groups in total. The SMILES string of the molecule is CCC(CSC)N(C)CCNC(C1CC1)C1CC1. The lowest BCUT2D eigenvalue weighted by atomic mass is 10.1. The highest BCUT2D eigenvalue weighted by Gasteiger charge is 2.40. The van der Waals surface area contributed by atoms with Gasteiger partial charge in [0.25, 0.3) is 0 Å². The second-order valence-electron chi connectivity index (χ2n) is 6.15. The third-order valence-electron chi connectivity index (χ3n) is 4.56. The van der Waals surface area contributed by atoms with Crippen LogP contribution in [0.1, 0.15) is 39.0 Å². The second-order valence-corrected chi connectivity index (χ2v) is 7.06. The Balaban J connectivity index is 1.63. The Morgan fingerprint density at radius 2 is 1.83 bits per heavy atom. The Labute approximate surface area is 117 Å². The highest BCUT2D eigenvalue weighted by atomic mass is 32.2. The summed E-state index contributed by atoms with van der Waals surface area (Å²) in [7, 11) is 2.29. The molecule has 2 aliphatic rings. The van der Waals surface area contributed by atoms with Crippen LogP contribution >= 0.6 is 11.8 Å². The minimum Gasteiger partial charge on any atom is -0.312 e. The minimum absolute atomic E-state index is 0.752. The molecule has 2 rings (SSSR count). The standard InChI is InChI=1S/C15H30N2S/c1-4-14(11-18-3)17(2)10-9-16-15(12-5-6-12)13-7-8-13/h12-16H,4-11H2,1-3H3. The van der Waals surface area contributed by atoms with Gasteiger partial charge < -0.3 is 10.2 Å². The second kappa shape index (κ2) is 7.16. The lowest BCUT2D eigenvalue weighted by Gasteiger charge is -2.28. The first-order valence-electron chi connectivity index (χ1n) is 7.68. The van der Waals surface area contributed by atoms with Gasteiger partial charge in [0.1, 0.15) is 0 Å². The van der Waals surface area contributed by atoms with Gasteiger partial charge in [-0.25, -0.2) is 0 Å². The summed E-state index contributed by atoms with van der Waals surface area (Å²) in [6.45, 7) is 4.69. The number of nitrogens with zero attached hydrogens (tertiary/aromatic N) is 1. The van der Waals surface area contributed by atoms with Gasteiger partial charge in [0.15, 0.2) is 0 Å². The third-order valence-corrected chi connectivity index (χ3v) is 5.28. The largest absolute Gasteiger partial charge is 0.312 e. The van der Waals surface area contributed by atoms with Crippen molar-refractivity contribution in [3.8, 4) is 0 Å². The first kappa shape index (κ1) is 14.7. The van der Waals surface area contributed by atoms with Gasteiger partial charge in [0.05, 0.1) is 0 Å². The molecule has 0 aromatic carbocycles. The minimum atomic E-state index is 0.752. The van der Waals surface area contributed by atoms with Crippen LogP contribution in [0.5, 0.6) is 0 Å². The quantitative estimate of drug-likeness (QED) is 0.657. The summed E-state index contributed by atoms with van der Waals surface area (Å²) >= 11 is 1.97. The topological polar surface area (TPSA) is 15.3 Å². The fraction of sp³-hybridized carbons (Fsp3) is 1.00. The Morgan fingerprint density at radius 3 is 2.28 bits per heavy atom. The average molecular weight is 270 g/mol. The fourth-order valence-electron chi connectivity index (χ4n) is 2.97. The number of likely N-dealkylation sites (N-methyl/N-ethyl adjacent to an activating group) is 1. The summed E-state index contributed by atoms with van der Waals surface area (Å²) in [6.07, 6.45) is 9.40. The summed E-state index contributed by atoms with van der Waals surface area (Å²) in [5.74, 6) is 3.31. The summed E-state index contributed by atoms with van der Waals surface area (Å²) in [5.41, 5.74) is 0. The molecule has 0 aromatic rings. The van der Waals surface area contributed by atoms with E-state index in [1.807, 2.05) is 11.8 Å². The Kier molecular flexibility index (Phi) is 5.84. The third kappa shape index (κ3) is 4.43. The first-order chi connectivity index (χ1) is 8.76. The van der Waals surface area contributed by atoms with E-state index in [0.717, 1.165) is 23.9 Å². The molecule has 3 heteroatoms. The van der Waals surface area contributed by atoms with Crippen molar-refractivity contribution < 1.29 is 0 Å². The van der Waals surface area contributed by atoms with Crippen molar-refractivity contribution in [2.45, 2.75) is 51.1 Å². The van der Waals surface area contributed by atoms with Gasteiger partial charge in [0, 0.05) is 30.9 Å². The zero-order chi connectivity index (χ0) is 13.0. The zero-order valence-corrected chi connectivity index (χ0v) is 13.1. The molecule has 0 amide bonds. The van der Waals surface area contributed by atoms with Crippen LogP contribution < -0.4 is 5.32 Å². The predicted molar refractivity (Wildman–Crippen MR) is 82.3 cm³/mol. The van der Waals surface area contributed by atoms with Gasteiger partial charge in [0.2, 0.25) is 0 Å². The van der Waals surface area contributed by atoms with E-state index in [-0.39, 0.29) is 0 Å². The van der Waals surface area contributed by atoms with E-state index in [0.29, 0.717) is 0 Å². The van der Waals surface area contributed by atoms with Crippen LogP contribution in [-0.2, 0) is 0 Å². The molecule has 0 heterocycles. The van der Waals surface area contributed by atoms with Crippen molar-refractivity contribution in [2.75, 3.05) is 32.1 Å². The molecule has 0 aliphatic heterocycles. The van der Waals surface area contributed by atoms with Gasteiger partial charge in [-0.3, -0.25) is 0 Å². The highest BCUT2D eigenvalue weighted by molar-refractivity contribution is 7.98. The van der Waals surface area contributed by atoms with Crippen molar-refractivity contribution in [1.29, 1.82) is 0 Å². The van der Waals surface area contributed by atoms with Crippen LogP contribution in [-0.4, -0.2) is 49.1 Å². The van der Waals surface area contributed by atoms with Gasteiger partial charge in [-0.15, -0.1) is 0 Å². The molecule has 1 unspecified atom stereocenters. The molecule has 0 saturated heterocycles. The monoisotopic (exact) mass is 270 g/mol. The highest BCUT2D eigenvalue weighted by Crippen LogP contribution is 2.44. The summed E-state index contributed by atoms with van der Waals surface area (Å²) < 4.78 is 0. The van der Waals surface area contributed by atoms with E-state index in [1.165, 1.54) is 50.9 Å². The van der Waals surface area contributed by atoms with E-state index in [4.69, 9.17) is 0 Å². The van der Waals surface area contributed by atoms with Crippen molar-refractivity contribution in [3.05, 3.63) is 0 Å². The number of hydrogen-bond donors (Lipinski definition) is 1. The first-order valence-corrected chi connectivity index (χ1v) is 9.08. The van der Waals surface area contributed by atoms with Crippen LogP contribution in [0.15, 0.2) is 0 Å². The lowest BCUT2D eigenvalue weighted by Crippen LogP contribution is -2.42. The fourth-order valence-corrected chi connectivity index (χ4v) is 3.84. The molecule has 2 saturated carbocycles. The summed E-state index contributed by atoms with van der Waals surface area (Å²) in [4.78, 5) is 2.54. The predicted octanol–water partition coefficient (Wildman–Crippen LogP) is 2.84. The zero-order valence-electron chi connectivity index (χ0n) is 12.3. The molecule has 106 valence electrons. The van der Waals surface area contributed by atoms with Crippen LogP contribution in [0.25, 0.3) is 0 Å². The molecule has 0 aromatic heterocycles. The molecule has 1 atom stereocenters. The van der Waals surface area contributed by atoms with Crippen molar-refractivity contribution in [3.63, 3.8) is 0 Å². The maximum absolute atomic E-state index is 3.85. The molecule has 0 radical (unpaired) electrons. The lowest BCUT2D eigenvalue weighted by molar-refractivity contribution is 0.247. The van der Waals surface area contributed by atoms with Crippen molar-refractivity contribution >= 4 is 11.8 Å². The van der Waals surface area contributed by atoms with E-state index in [1.54, 1.807) is 0 Å². The molecule has 0 bridgehead atoms. The number of hydrogen-bond acceptors (Lipinski definition) is 3. The Morgan fingerprint density at radius 1 is 1.22 bits per heavy atom. The molecular formula is C15H30N2S. The van der Waals surface area contributed by atoms with Crippen LogP contribution in [0.2, 0.25) is 0 Å². The summed E-state index contributed by atoms with van der Waals surface area (Å²) in [5, 5.41) is 3.85. The molecule has 0 spiro atoms. The van der Waals surface area contributed by atoms with E-state index < -0.39 is 0 Å². The normalized spacial score (nSPS) is 21.8. The molecule has 18 heavy (non-hydrogen) atoms. The number of nitrogens with one attached hydrogen (secondary N) is 1. The van der Waals surface area contributed by atoms with Crippen LogP contribution in [0.3, 0.4) is 0 Å². The number of thioether (sulfide) groups is 1. The molecular weight excluding hydrogens is 240 g/mol. The smallest absolute Gasteiger partial charge is 0.0181 e.